The number of nitrogens with one attached hydrogen (secondary N) is 1. The molecule has 1 aromatic carbocycles. The maximum absolute atomic E-state index is 12.9. The molecule has 2 aliphatic rings. The number of rotatable bonds is 5. The molecule has 0 radical (unpaired) electrons. The molecule has 3 rings (SSSR count). The number of alkyl halides is 2. The van der Waals surface area contributed by atoms with Gasteiger partial charge in [0.1, 0.15) is 0 Å². The van der Waals surface area contributed by atoms with E-state index in [1.807, 2.05) is 0 Å². The normalized spacial score (nSPS) is 23.8. The molecule has 7 nitrogen and oxygen atoms in total. The lowest BCUT2D eigenvalue weighted by Crippen LogP contribution is -2.48. The Labute approximate surface area is 162 Å². The zero-order chi connectivity index (χ0) is 20.5. The second-order valence-corrected chi connectivity index (χ2v) is 11.3. The van der Waals surface area contributed by atoms with Gasteiger partial charge in [0.15, 0.2) is 9.84 Å². The second-order valence-electron chi connectivity index (χ2n) is 7.14. The van der Waals surface area contributed by atoms with Gasteiger partial charge in [-0.15, -0.1) is 0 Å². The minimum absolute atomic E-state index is 0.00133. The number of hydrogen-bond acceptors (Lipinski definition) is 6. The van der Waals surface area contributed by atoms with Crippen LogP contribution in [0.3, 0.4) is 0 Å². The first-order valence-electron chi connectivity index (χ1n) is 8.96. The van der Waals surface area contributed by atoms with E-state index in [9.17, 15) is 30.4 Å². The number of hydrogen-bond donors (Lipinski definition) is 1. The molecule has 1 atom stereocenters. The zero-order valence-corrected chi connectivity index (χ0v) is 16.7. The van der Waals surface area contributed by atoms with Crippen LogP contribution in [0.1, 0.15) is 29.6 Å². The van der Waals surface area contributed by atoms with Crippen LogP contribution in [0.2, 0.25) is 0 Å². The number of amides is 1. The first-order valence-corrected chi connectivity index (χ1v) is 12.3. The van der Waals surface area contributed by atoms with Crippen molar-refractivity contribution in [3.8, 4) is 0 Å². The van der Waals surface area contributed by atoms with Crippen LogP contribution in [-0.2, 0) is 19.7 Å². The van der Waals surface area contributed by atoms with E-state index in [-0.39, 0.29) is 29.2 Å². The number of carbonyl (C=O) groups is 1. The molecule has 1 unspecified atom stereocenters. The predicted molar refractivity (Wildman–Crippen MR) is 98.8 cm³/mol. The van der Waals surface area contributed by atoms with E-state index < -0.39 is 36.2 Å². The Balaban J connectivity index is 1.63. The highest BCUT2D eigenvalue weighted by molar-refractivity contribution is 7.92. The van der Waals surface area contributed by atoms with Gasteiger partial charge in [0.2, 0.25) is 9.84 Å². The predicted octanol–water partition coefficient (Wildman–Crippen LogP) is 1.06. The third-order valence-corrected chi connectivity index (χ3v) is 8.45. The van der Waals surface area contributed by atoms with E-state index in [2.05, 4.69) is 10.2 Å². The molecule has 2 heterocycles. The van der Waals surface area contributed by atoms with Gasteiger partial charge >= 0.3 is 5.76 Å². The van der Waals surface area contributed by atoms with E-state index in [0.717, 1.165) is 6.07 Å². The molecule has 0 aromatic heterocycles. The van der Waals surface area contributed by atoms with Crippen LogP contribution in [0.4, 0.5) is 8.78 Å². The lowest BCUT2D eigenvalue weighted by molar-refractivity contribution is 0.0894. The number of benzene rings is 1. The highest BCUT2D eigenvalue weighted by atomic mass is 32.2. The molecule has 2 saturated heterocycles. The molecule has 0 aliphatic carbocycles. The van der Waals surface area contributed by atoms with Gasteiger partial charge in [-0.05, 0) is 31.4 Å². The maximum Gasteiger partial charge on any atom is 0.341 e. The highest BCUT2D eigenvalue weighted by Crippen LogP contribution is 2.24. The largest absolute Gasteiger partial charge is 0.349 e. The summed E-state index contributed by atoms with van der Waals surface area (Å²) in [6.45, 7) is 1.23. The Kier molecular flexibility index (Phi) is 6.06. The zero-order valence-electron chi connectivity index (χ0n) is 15.1. The fraction of sp³-hybridized carbons (Fsp3) is 0.588. The van der Waals surface area contributed by atoms with Gasteiger partial charge in [0, 0.05) is 25.2 Å². The summed E-state index contributed by atoms with van der Waals surface area (Å²) >= 11 is 0. The van der Waals surface area contributed by atoms with Gasteiger partial charge in [0.05, 0.1) is 22.0 Å². The average molecular weight is 437 g/mol. The van der Waals surface area contributed by atoms with Crippen LogP contribution < -0.4 is 5.32 Å². The monoisotopic (exact) mass is 436 g/mol. The van der Waals surface area contributed by atoms with Gasteiger partial charge in [-0.3, -0.25) is 9.69 Å². The summed E-state index contributed by atoms with van der Waals surface area (Å²) in [5, 5.41) is 2.72. The van der Waals surface area contributed by atoms with Crippen molar-refractivity contribution in [1.29, 1.82) is 0 Å². The Bertz CT molecular complexity index is 942. The van der Waals surface area contributed by atoms with Gasteiger partial charge in [-0.25, -0.2) is 16.8 Å². The van der Waals surface area contributed by atoms with Gasteiger partial charge in [0.25, 0.3) is 5.91 Å². The van der Waals surface area contributed by atoms with Crippen molar-refractivity contribution in [3.05, 3.63) is 29.8 Å². The molecule has 1 amide bonds. The van der Waals surface area contributed by atoms with Crippen LogP contribution in [0.5, 0.6) is 0 Å². The average Bonchev–Trinajstić information content (AvgIpc) is 3.02. The van der Waals surface area contributed by atoms with Crippen molar-refractivity contribution in [2.24, 2.45) is 0 Å². The van der Waals surface area contributed by atoms with Gasteiger partial charge < -0.3 is 5.32 Å². The topological polar surface area (TPSA) is 101 Å². The molecule has 2 fully saturated rings. The van der Waals surface area contributed by atoms with E-state index in [0.29, 0.717) is 32.4 Å². The first kappa shape index (κ1) is 21.1. The van der Waals surface area contributed by atoms with Crippen LogP contribution in [0, 0.1) is 0 Å². The molecule has 0 bridgehead atoms. The Morgan fingerprint density at radius 1 is 1.14 bits per heavy atom. The molecule has 156 valence electrons. The summed E-state index contributed by atoms with van der Waals surface area (Å²) in [5.41, 5.74) is -0.299. The quantitative estimate of drug-likeness (QED) is 0.741. The summed E-state index contributed by atoms with van der Waals surface area (Å²) in [4.78, 5) is 13.9. The standard InChI is InChI=1S/C17H22F2N2O5S2/c18-17(19)28(25,26)15-4-2-1-3-14(15)16(22)20-12-5-8-21(9-6-12)13-7-10-27(23,24)11-13/h1-4,12-13,17H,5-11H2,(H,20,22). The minimum atomic E-state index is -4.88. The summed E-state index contributed by atoms with van der Waals surface area (Å²) in [7, 11) is -7.85. The Hall–Kier alpha value is -1.59. The number of halogens is 2. The number of nitrogens with zero attached hydrogens (tertiary/aromatic N) is 1. The van der Waals surface area contributed by atoms with Crippen LogP contribution in [0.15, 0.2) is 29.2 Å². The molecule has 11 heteroatoms. The fourth-order valence-electron chi connectivity index (χ4n) is 3.73. The van der Waals surface area contributed by atoms with E-state index in [1.165, 1.54) is 18.2 Å². The van der Waals surface area contributed by atoms with Crippen molar-refractivity contribution in [2.45, 2.75) is 42.0 Å². The number of sulfone groups is 2. The molecule has 1 aromatic rings. The number of piperidine rings is 1. The molecule has 0 saturated carbocycles. The van der Waals surface area contributed by atoms with Crippen molar-refractivity contribution in [1.82, 2.24) is 10.2 Å². The van der Waals surface area contributed by atoms with Gasteiger partial charge in [-0.1, -0.05) is 12.1 Å². The Morgan fingerprint density at radius 2 is 1.79 bits per heavy atom. The lowest BCUT2D eigenvalue weighted by Gasteiger charge is -2.35. The first-order chi connectivity index (χ1) is 13.1. The fourth-order valence-corrected chi connectivity index (χ4v) is 6.42. The number of carbonyl (C=O) groups excluding carboxylic acids is 1. The lowest BCUT2D eigenvalue weighted by atomic mass is 10.0. The minimum Gasteiger partial charge on any atom is -0.349 e. The maximum atomic E-state index is 12.9. The summed E-state index contributed by atoms with van der Waals surface area (Å²) < 4.78 is 72.6. The van der Waals surface area contributed by atoms with E-state index >= 15 is 0 Å². The third kappa shape index (κ3) is 4.52. The van der Waals surface area contributed by atoms with Crippen molar-refractivity contribution >= 4 is 25.6 Å². The van der Waals surface area contributed by atoms with Crippen LogP contribution in [-0.4, -0.2) is 70.1 Å². The van der Waals surface area contributed by atoms with Crippen LogP contribution >= 0.6 is 0 Å². The third-order valence-electron chi connectivity index (χ3n) is 5.26. The second kappa shape index (κ2) is 8.03. The molecule has 0 spiro atoms. The van der Waals surface area contributed by atoms with Gasteiger partial charge in [-0.2, -0.15) is 8.78 Å². The van der Waals surface area contributed by atoms with E-state index in [1.54, 1.807) is 0 Å². The van der Waals surface area contributed by atoms with Crippen molar-refractivity contribution in [3.63, 3.8) is 0 Å². The SMILES string of the molecule is O=C(NC1CCN(C2CCS(=O)(=O)C2)CC1)c1ccccc1S(=O)(=O)C(F)F. The molecular formula is C17H22F2N2O5S2. The molecule has 28 heavy (non-hydrogen) atoms. The summed E-state index contributed by atoms with van der Waals surface area (Å²) in [6, 6.07) is 4.69. The Morgan fingerprint density at radius 3 is 2.36 bits per heavy atom. The van der Waals surface area contributed by atoms with Crippen LogP contribution in [0.25, 0.3) is 0 Å². The summed E-state index contributed by atoms with van der Waals surface area (Å²) in [5.74, 6) is -3.96. The molecule has 2 aliphatic heterocycles. The summed E-state index contributed by atoms with van der Waals surface area (Å²) in [6.07, 6.45) is 1.76. The van der Waals surface area contributed by atoms with Crippen molar-refractivity contribution < 1.29 is 30.4 Å². The molecule has 1 N–H and O–H groups in total. The van der Waals surface area contributed by atoms with Crippen molar-refractivity contribution in [2.75, 3.05) is 24.6 Å². The smallest absolute Gasteiger partial charge is 0.341 e. The number of likely N-dealkylation sites (tertiary alicyclic amines) is 1. The van der Waals surface area contributed by atoms with E-state index in [4.69, 9.17) is 0 Å². The highest BCUT2D eigenvalue weighted by Gasteiger charge is 2.35. The molecular weight excluding hydrogens is 414 g/mol.